The molecule has 24 heavy (non-hydrogen) atoms. The van der Waals surface area contributed by atoms with Crippen molar-refractivity contribution < 1.29 is 14.4 Å². The molecular weight excluding hydrogens is 312 g/mol. The smallest absolute Gasteiger partial charge is 0.272 e. The third kappa shape index (κ3) is 3.55. The number of hydrogen-bond donors (Lipinski definition) is 1. The molecule has 1 aromatic rings. The van der Waals surface area contributed by atoms with E-state index in [4.69, 9.17) is 0 Å². The standard InChI is InChI=1S/C15H18N6O3/c1-10-6-12(17-9-16-10)15(24)21-4-2-20(3-5-21)14(23)8-11-7-13(22)19-18-11/h6,9H,2-5,7-8H2,1H3,(H,19,22). The molecule has 9 nitrogen and oxygen atoms in total. The van der Waals surface area contributed by atoms with Crippen LogP contribution in [0.3, 0.4) is 0 Å². The zero-order chi connectivity index (χ0) is 17.1. The van der Waals surface area contributed by atoms with Crippen LogP contribution in [0.4, 0.5) is 0 Å². The van der Waals surface area contributed by atoms with E-state index >= 15 is 0 Å². The molecule has 126 valence electrons. The van der Waals surface area contributed by atoms with Gasteiger partial charge < -0.3 is 9.80 Å². The van der Waals surface area contributed by atoms with E-state index in [0.717, 1.165) is 5.69 Å². The molecule has 0 bridgehead atoms. The molecule has 2 aliphatic rings. The zero-order valence-corrected chi connectivity index (χ0v) is 13.4. The number of carbonyl (C=O) groups excluding carboxylic acids is 3. The summed E-state index contributed by atoms with van der Waals surface area (Å²) in [5, 5.41) is 3.83. The van der Waals surface area contributed by atoms with E-state index in [1.54, 1.807) is 22.8 Å². The topological polar surface area (TPSA) is 108 Å². The summed E-state index contributed by atoms with van der Waals surface area (Å²) in [5.41, 5.74) is 4.00. The summed E-state index contributed by atoms with van der Waals surface area (Å²) in [4.78, 5) is 47.1. The number of aryl methyl sites for hydroxylation is 1. The minimum absolute atomic E-state index is 0.0739. The second-order valence-corrected chi connectivity index (χ2v) is 5.78. The van der Waals surface area contributed by atoms with Gasteiger partial charge in [-0.2, -0.15) is 5.10 Å². The molecule has 3 heterocycles. The Bertz CT molecular complexity index is 709. The minimum atomic E-state index is -0.187. The first-order valence-corrected chi connectivity index (χ1v) is 7.73. The molecular formula is C15H18N6O3. The van der Waals surface area contributed by atoms with Crippen molar-refractivity contribution in [3.8, 4) is 0 Å². The second-order valence-electron chi connectivity index (χ2n) is 5.78. The van der Waals surface area contributed by atoms with Gasteiger partial charge in [0.25, 0.3) is 5.91 Å². The maximum absolute atomic E-state index is 12.4. The predicted octanol–water partition coefficient (Wildman–Crippen LogP) is -0.665. The number of aromatic nitrogens is 2. The van der Waals surface area contributed by atoms with Gasteiger partial charge in [0, 0.05) is 31.9 Å². The van der Waals surface area contributed by atoms with Crippen molar-refractivity contribution in [3.05, 3.63) is 23.8 Å². The van der Waals surface area contributed by atoms with Gasteiger partial charge in [0.1, 0.15) is 12.0 Å². The number of rotatable bonds is 3. The van der Waals surface area contributed by atoms with Gasteiger partial charge >= 0.3 is 0 Å². The molecule has 0 aliphatic carbocycles. The molecule has 3 amide bonds. The van der Waals surface area contributed by atoms with Gasteiger partial charge in [0.05, 0.1) is 18.6 Å². The van der Waals surface area contributed by atoms with Crippen LogP contribution in [0.15, 0.2) is 17.5 Å². The average Bonchev–Trinajstić information content (AvgIpc) is 2.99. The first kappa shape index (κ1) is 16.0. The molecule has 0 aromatic carbocycles. The van der Waals surface area contributed by atoms with Crippen molar-refractivity contribution in [3.63, 3.8) is 0 Å². The van der Waals surface area contributed by atoms with Crippen molar-refractivity contribution in [2.75, 3.05) is 26.2 Å². The maximum Gasteiger partial charge on any atom is 0.272 e. The van der Waals surface area contributed by atoms with Crippen LogP contribution in [-0.4, -0.2) is 69.4 Å². The van der Waals surface area contributed by atoms with E-state index in [9.17, 15) is 14.4 Å². The predicted molar refractivity (Wildman–Crippen MR) is 84.1 cm³/mol. The second kappa shape index (κ2) is 6.73. The number of hydrazone groups is 1. The van der Waals surface area contributed by atoms with Crippen LogP contribution in [-0.2, 0) is 9.59 Å². The quantitative estimate of drug-likeness (QED) is 0.791. The Hall–Kier alpha value is -2.84. The lowest BCUT2D eigenvalue weighted by Crippen LogP contribution is -2.51. The molecule has 0 radical (unpaired) electrons. The van der Waals surface area contributed by atoms with Crippen molar-refractivity contribution in [2.45, 2.75) is 19.8 Å². The van der Waals surface area contributed by atoms with Crippen molar-refractivity contribution >= 4 is 23.4 Å². The zero-order valence-electron chi connectivity index (χ0n) is 13.4. The Labute approximate surface area is 138 Å². The van der Waals surface area contributed by atoms with E-state index in [-0.39, 0.29) is 30.6 Å². The molecule has 1 aromatic heterocycles. The van der Waals surface area contributed by atoms with Gasteiger partial charge in [-0.05, 0) is 13.0 Å². The van der Waals surface area contributed by atoms with Gasteiger partial charge in [-0.15, -0.1) is 0 Å². The molecule has 0 unspecified atom stereocenters. The third-order valence-electron chi connectivity index (χ3n) is 4.00. The highest BCUT2D eigenvalue weighted by Crippen LogP contribution is 2.10. The minimum Gasteiger partial charge on any atom is -0.339 e. The van der Waals surface area contributed by atoms with Gasteiger partial charge in [-0.3, -0.25) is 14.4 Å². The highest BCUT2D eigenvalue weighted by atomic mass is 16.2. The fraction of sp³-hybridized carbons (Fsp3) is 0.467. The fourth-order valence-electron chi connectivity index (χ4n) is 2.69. The van der Waals surface area contributed by atoms with Gasteiger partial charge in [-0.25, -0.2) is 15.4 Å². The Kier molecular flexibility index (Phi) is 4.50. The molecule has 1 saturated heterocycles. The molecule has 3 rings (SSSR count). The summed E-state index contributed by atoms with van der Waals surface area (Å²) in [5.74, 6) is -0.411. The number of amides is 3. The summed E-state index contributed by atoms with van der Waals surface area (Å²) in [6.45, 7) is 3.64. The van der Waals surface area contributed by atoms with Crippen LogP contribution in [0, 0.1) is 6.92 Å². The number of carbonyl (C=O) groups is 3. The number of hydrogen-bond acceptors (Lipinski definition) is 6. The highest BCUT2D eigenvalue weighted by Gasteiger charge is 2.27. The van der Waals surface area contributed by atoms with Crippen LogP contribution in [0.2, 0.25) is 0 Å². The van der Waals surface area contributed by atoms with Crippen molar-refractivity contribution in [2.24, 2.45) is 5.10 Å². The Morgan fingerprint density at radius 2 is 1.88 bits per heavy atom. The lowest BCUT2D eigenvalue weighted by atomic mass is 10.1. The van der Waals surface area contributed by atoms with E-state index in [1.807, 2.05) is 0 Å². The molecule has 0 saturated carbocycles. The SMILES string of the molecule is Cc1cc(C(=O)N2CCN(C(=O)CC3=NNC(=O)C3)CC2)ncn1. The molecule has 0 atom stereocenters. The summed E-state index contributed by atoms with van der Waals surface area (Å²) < 4.78 is 0. The van der Waals surface area contributed by atoms with Gasteiger partial charge in [-0.1, -0.05) is 0 Å². The normalized spacial score (nSPS) is 17.5. The number of nitrogens with one attached hydrogen (secondary N) is 1. The van der Waals surface area contributed by atoms with Crippen molar-refractivity contribution in [1.82, 2.24) is 25.2 Å². The van der Waals surface area contributed by atoms with E-state index < -0.39 is 0 Å². The Morgan fingerprint density at radius 3 is 2.50 bits per heavy atom. The average molecular weight is 330 g/mol. The first-order chi connectivity index (χ1) is 11.5. The molecule has 1 fully saturated rings. The Morgan fingerprint density at radius 1 is 1.17 bits per heavy atom. The van der Waals surface area contributed by atoms with Crippen LogP contribution in [0.25, 0.3) is 0 Å². The molecule has 1 N–H and O–H groups in total. The molecule has 2 aliphatic heterocycles. The molecule has 9 heteroatoms. The Balaban J connectivity index is 1.53. The summed E-state index contributed by atoms with van der Waals surface area (Å²) >= 11 is 0. The fourth-order valence-corrected chi connectivity index (χ4v) is 2.69. The number of piperazine rings is 1. The third-order valence-corrected chi connectivity index (χ3v) is 4.00. The maximum atomic E-state index is 12.4. The van der Waals surface area contributed by atoms with Gasteiger partial charge in [0.15, 0.2) is 0 Å². The monoisotopic (exact) mass is 330 g/mol. The lowest BCUT2D eigenvalue weighted by Gasteiger charge is -2.34. The molecule has 0 spiro atoms. The first-order valence-electron chi connectivity index (χ1n) is 7.73. The summed E-state index contributed by atoms with van der Waals surface area (Å²) in [6, 6.07) is 1.65. The van der Waals surface area contributed by atoms with Crippen LogP contribution in [0.1, 0.15) is 29.0 Å². The van der Waals surface area contributed by atoms with Crippen LogP contribution >= 0.6 is 0 Å². The highest BCUT2D eigenvalue weighted by molar-refractivity contribution is 6.11. The van der Waals surface area contributed by atoms with Crippen LogP contribution < -0.4 is 5.43 Å². The summed E-state index contributed by atoms with van der Waals surface area (Å²) in [7, 11) is 0. The van der Waals surface area contributed by atoms with E-state index in [0.29, 0.717) is 37.6 Å². The lowest BCUT2D eigenvalue weighted by molar-refractivity contribution is -0.131. The number of nitrogens with zero attached hydrogens (tertiary/aromatic N) is 5. The largest absolute Gasteiger partial charge is 0.339 e. The van der Waals surface area contributed by atoms with E-state index in [2.05, 4.69) is 20.5 Å². The van der Waals surface area contributed by atoms with Crippen molar-refractivity contribution in [1.29, 1.82) is 0 Å². The van der Waals surface area contributed by atoms with Gasteiger partial charge in [0.2, 0.25) is 11.8 Å². The summed E-state index contributed by atoms with van der Waals surface area (Å²) in [6.07, 6.45) is 1.69. The van der Waals surface area contributed by atoms with E-state index in [1.165, 1.54) is 6.33 Å². The van der Waals surface area contributed by atoms with Crippen LogP contribution in [0.5, 0.6) is 0 Å².